The predicted octanol–water partition coefficient (Wildman–Crippen LogP) is 0.682. The molecule has 0 bridgehead atoms. The molecule has 8 heteroatoms. The predicted molar refractivity (Wildman–Crippen MR) is 76.4 cm³/mol. The number of nitrogens with zero attached hydrogens (tertiary/aromatic N) is 8. The maximum Gasteiger partial charge on any atom is 0.229 e. The van der Waals surface area contributed by atoms with Gasteiger partial charge in [-0.15, -0.1) is 20.4 Å². The fourth-order valence-corrected chi connectivity index (χ4v) is 1.81. The molecule has 2 rings (SSSR count). The van der Waals surface area contributed by atoms with Crippen LogP contribution in [0.2, 0.25) is 0 Å². The van der Waals surface area contributed by atoms with E-state index in [0.717, 1.165) is 5.62 Å². The van der Waals surface area contributed by atoms with Crippen molar-refractivity contribution in [2.75, 3.05) is 14.1 Å². The Hall–Kier alpha value is -2.38. The molecule has 0 N–H and O–H groups in total. The van der Waals surface area contributed by atoms with E-state index in [2.05, 4.69) is 20.4 Å². The van der Waals surface area contributed by atoms with Crippen LogP contribution < -0.4 is 5.62 Å². The van der Waals surface area contributed by atoms with Crippen LogP contribution in [0.1, 0.15) is 6.92 Å². The molecule has 1 aliphatic heterocycles. The van der Waals surface area contributed by atoms with Gasteiger partial charge in [-0.1, -0.05) is 0 Å². The zero-order valence-electron chi connectivity index (χ0n) is 12.5. The third-order valence-corrected chi connectivity index (χ3v) is 3.00. The monoisotopic (exact) mass is 276 g/mol. The van der Waals surface area contributed by atoms with Crippen LogP contribution in [0.5, 0.6) is 0 Å². The lowest BCUT2D eigenvalue weighted by Crippen LogP contribution is -2.31. The Bertz CT molecular complexity index is 583. The number of aryl methyl sites for hydroxylation is 2. The third kappa shape index (κ3) is 2.95. The molecule has 0 amide bonds. The van der Waals surface area contributed by atoms with E-state index in [0.29, 0.717) is 5.84 Å². The molecular weight excluding hydrogens is 256 g/mol. The highest BCUT2D eigenvalue weighted by Crippen LogP contribution is 2.12. The molecule has 0 unspecified atom stereocenters. The van der Waals surface area contributed by atoms with E-state index in [1.807, 2.05) is 71.9 Å². The molecule has 20 heavy (non-hydrogen) atoms. The van der Waals surface area contributed by atoms with Gasteiger partial charge in [0.1, 0.15) is 0 Å². The topological polar surface area (TPSA) is 65.8 Å². The van der Waals surface area contributed by atoms with Gasteiger partial charge in [0.15, 0.2) is 5.84 Å². The second-order valence-electron chi connectivity index (χ2n) is 4.76. The summed E-state index contributed by atoms with van der Waals surface area (Å²) < 4.78 is 3.77. The highest BCUT2D eigenvalue weighted by molar-refractivity contribution is 5.79. The van der Waals surface area contributed by atoms with Gasteiger partial charge < -0.3 is 18.9 Å². The van der Waals surface area contributed by atoms with Gasteiger partial charge in [-0.3, -0.25) is 0 Å². The second-order valence-corrected chi connectivity index (χ2v) is 4.76. The first-order chi connectivity index (χ1) is 9.49. The fourth-order valence-electron chi connectivity index (χ4n) is 1.81. The third-order valence-electron chi connectivity index (χ3n) is 3.00. The zero-order valence-corrected chi connectivity index (χ0v) is 12.5. The Kier molecular flexibility index (Phi) is 4.02. The summed E-state index contributed by atoms with van der Waals surface area (Å²) in [7, 11) is 7.73. The molecule has 1 aliphatic rings. The van der Waals surface area contributed by atoms with E-state index < -0.39 is 0 Å². The van der Waals surface area contributed by atoms with Crippen molar-refractivity contribution in [3.63, 3.8) is 0 Å². The molecule has 1 aromatic rings. The minimum absolute atomic E-state index is 0.119. The first-order valence-corrected chi connectivity index (χ1v) is 6.28. The number of imidazole rings is 1. The summed E-state index contributed by atoms with van der Waals surface area (Å²) in [5.41, 5.74) is 0.747. The van der Waals surface area contributed by atoms with E-state index >= 15 is 0 Å². The fraction of sp³-hybridized carbons (Fsp3) is 0.500. The summed E-state index contributed by atoms with van der Waals surface area (Å²) in [6, 6.07) is 0. The molecule has 0 atom stereocenters. The maximum atomic E-state index is 4.24. The molecule has 0 fully saturated rings. The average molecular weight is 276 g/mol. The van der Waals surface area contributed by atoms with Crippen LogP contribution in [0, 0.1) is 0 Å². The molecule has 0 aliphatic carbocycles. The molecular formula is C12H20N8. The van der Waals surface area contributed by atoms with Crippen molar-refractivity contribution in [2.24, 2.45) is 34.5 Å². The van der Waals surface area contributed by atoms with Crippen LogP contribution in [0.15, 0.2) is 45.2 Å². The molecule has 0 aromatic carbocycles. The van der Waals surface area contributed by atoms with Crippen LogP contribution in [0.3, 0.4) is 0 Å². The standard InChI is InChI=1S/C12H20N8/c1-10(13-15-11-17(2)6-7-18(11)3)14-16-12-19(4)8-9-20(12)5/h6-9,11H,1-5H3/b14-10+,15-13+. The van der Waals surface area contributed by atoms with Crippen LogP contribution in [0.25, 0.3) is 0 Å². The normalized spacial score (nSPS) is 16.8. The first kappa shape index (κ1) is 14.0. The molecule has 1 aromatic heterocycles. The van der Waals surface area contributed by atoms with Crippen LogP contribution in [-0.4, -0.2) is 45.2 Å². The lowest BCUT2D eigenvalue weighted by atomic mass is 10.7. The Morgan fingerprint density at radius 1 is 1.00 bits per heavy atom. The minimum Gasteiger partial charge on any atom is -0.340 e. The summed E-state index contributed by atoms with van der Waals surface area (Å²) in [6.07, 6.45) is 7.61. The van der Waals surface area contributed by atoms with Crippen LogP contribution in [-0.2, 0) is 14.1 Å². The van der Waals surface area contributed by atoms with Gasteiger partial charge in [0.2, 0.25) is 11.9 Å². The van der Waals surface area contributed by atoms with Crippen LogP contribution >= 0.6 is 0 Å². The lowest BCUT2D eigenvalue weighted by Gasteiger charge is -2.21. The van der Waals surface area contributed by atoms with Gasteiger partial charge in [-0.25, -0.2) is 0 Å². The summed E-state index contributed by atoms with van der Waals surface area (Å²) in [6.45, 7) is 1.78. The SMILES string of the molecule is CC(/N=N/C1N(C)C=CN1C)=N\N=c1n(C)ccn1C. The van der Waals surface area contributed by atoms with Gasteiger partial charge in [-0.2, -0.15) is 0 Å². The quantitative estimate of drug-likeness (QED) is 0.345. The average Bonchev–Trinajstić information content (AvgIpc) is 2.89. The summed E-state index contributed by atoms with van der Waals surface area (Å²) in [5.74, 6) is 0.514. The molecule has 108 valence electrons. The summed E-state index contributed by atoms with van der Waals surface area (Å²) in [5, 5.41) is 16.6. The van der Waals surface area contributed by atoms with Gasteiger partial charge in [0, 0.05) is 53.0 Å². The maximum absolute atomic E-state index is 4.24. The van der Waals surface area contributed by atoms with Gasteiger partial charge in [0.25, 0.3) is 0 Å². The number of hydrogen-bond acceptors (Lipinski definition) is 5. The van der Waals surface area contributed by atoms with Gasteiger partial charge >= 0.3 is 0 Å². The van der Waals surface area contributed by atoms with E-state index in [-0.39, 0.29) is 6.29 Å². The minimum atomic E-state index is -0.119. The van der Waals surface area contributed by atoms with Gasteiger partial charge in [-0.05, 0) is 6.92 Å². The number of rotatable bonds is 2. The Labute approximate surface area is 118 Å². The molecule has 0 saturated carbocycles. The first-order valence-electron chi connectivity index (χ1n) is 6.28. The van der Waals surface area contributed by atoms with Crippen molar-refractivity contribution in [1.82, 2.24) is 18.9 Å². The van der Waals surface area contributed by atoms with Crippen molar-refractivity contribution in [3.8, 4) is 0 Å². The number of aromatic nitrogens is 2. The summed E-state index contributed by atoms with van der Waals surface area (Å²) in [4.78, 5) is 3.93. The zero-order chi connectivity index (χ0) is 14.7. The molecule has 2 heterocycles. The van der Waals surface area contributed by atoms with E-state index in [9.17, 15) is 0 Å². The number of azo groups is 1. The largest absolute Gasteiger partial charge is 0.340 e. The summed E-state index contributed by atoms with van der Waals surface area (Å²) >= 11 is 0. The van der Waals surface area contributed by atoms with Crippen LogP contribution in [0.4, 0.5) is 0 Å². The van der Waals surface area contributed by atoms with Gasteiger partial charge in [0.05, 0.1) is 0 Å². The van der Waals surface area contributed by atoms with E-state index in [1.54, 1.807) is 6.92 Å². The number of amidine groups is 1. The Morgan fingerprint density at radius 2 is 1.55 bits per heavy atom. The molecule has 8 nitrogen and oxygen atoms in total. The van der Waals surface area contributed by atoms with Crippen molar-refractivity contribution < 1.29 is 0 Å². The lowest BCUT2D eigenvalue weighted by molar-refractivity contribution is 0.207. The van der Waals surface area contributed by atoms with Crippen molar-refractivity contribution >= 4 is 5.84 Å². The smallest absolute Gasteiger partial charge is 0.229 e. The molecule has 0 spiro atoms. The van der Waals surface area contributed by atoms with Crippen molar-refractivity contribution in [2.45, 2.75) is 13.2 Å². The second kappa shape index (κ2) is 5.72. The van der Waals surface area contributed by atoms with E-state index in [4.69, 9.17) is 0 Å². The van der Waals surface area contributed by atoms with Crippen molar-refractivity contribution in [1.29, 1.82) is 0 Å². The highest BCUT2D eigenvalue weighted by atomic mass is 15.5. The number of hydrogen-bond donors (Lipinski definition) is 0. The Balaban J connectivity index is 2.11. The van der Waals surface area contributed by atoms with Crippen molar-refractivity contribution in [3.05, 3.63) is 30.4 Å². The Morgan fingerprint density at radius 3 is 2.10 bits per heavy atom. The molecule has 0 radical (unpaired) electrons. The van der Waals surface area contributed by atoms with E-state index in [1.165, 1.54) is 0 Å². The molecule has 0 saturated heterocycles. The highest BCUT2D eigenvalue weighted by Gasteiger charge is 2.19.